The predicted octanol–water partition coefficient (Wildman–Crippen LogP) is 1.82. The summed E-state index contributed by atoms with van der Waals surface area (Å²) in [6.45, 7) is 8.16. The van der Waals surface area contributed by atoms with Crippen LogP contribution in [0.15, 0.2) is 12.4 Å². The van der Waals surface area contributed by atoms with Gasteiger partial charge in [-0.05, 0) is 19.8 Å². The normalized spacial score (nSPS) is 11.4. The molecule has 1 aromatic rings. The van der Waals surface area contributed by atoms with E-state index in [4.69, 9.17) is 5.11 Å². The van der Waals surface area contributed by atoms with Crippen molar-refractivity contribution in [2.45, 2.75) is 33.2 Å². The molecule has 0 bridgehead atoms. The molecule has 0 spiro atoms. The molecule has 18 heavy (non-hydrogen) atoms. The van der Waals surface area contributed by atoms with Gasteiger partial charge in [0.1, 0.15) is 23.5 Å². The van der Waals surface area contributed by atoms with Crippen molar-refractivity contribution in [3.05, 3.63) is 12.4 Å². The number of rotatable bonds is 6. The van der Waals surface area contributed by atoms with Crippen molar-refractivity contribution in [2.75, 3.05) is 17.2 Å². The average Bonchev–Trinajstić information content (AvgIpc) is 2.26. The minimum absolute atomic E-state index is 0.489. The van der Waals surface area contributed by atoms with Gasteiger partial charge in [-0.15, -0.1) is 0 Å². The highest BCUT2D eigenvalue weighted by Gasteiger charge is 2.27. The van der Waals surface area contributed by atoms with Gasteiger partial charge in [-0.25, -0.2) is 14.8 Å². The fraction of sp³-hybridized carbons (Fsp3) is 0.583. The second-order valence-corrected chi connectivity index (χ2v) is 5.12. The van der Waals surface area contributed by atoms with E-state index in [1.165, 1.54) is 6.33 Å². The van der Waals surface area contributed by atoms with Crippen molar-refractivity contribution in [3.63, 3.8) is 0 Å². The van der Waals surface area contributed by atoms with Gasteiger partial charge in [-0.1, -0.05) is 13.8 Å². The van der Waals surface area contributed by atoms with Gasteiger partial charge in [0, 0.05) is 12.6 Å². The zero-order valence-electron chi connectivity index (χ0n) is 11.2. The van der Waals surface area contributed by atoms with Crippen molar-refractivity contribution in [1.29, 1.82) is 0 Å². The van der Waals surface area contributed by atoms with E-state index in [0.29, 0.717) is 17.6 Å². The number of carbonyl (C=O) groups is 1. The van der Waals surface area contributed by atoms with E-state index in [0.717, 1.165) is 6.54 Å². The molecule has 0 fully saturated rings. The van der Waals surface area contributed by atoms with Gasteiger partial charge in [0.25, 0.3) is 0 Å². The van der Waals surface area contributed by atoms with Crippen LogP contribution < -0.4 is 10.6 Å². The highest BCUT2D eigenvalue weighted by molar-refractivity contribution is 5.81. The molecule has 1 heterocycles. The molecule has 6 heteroatoms. The highest BCUT2D eigenvalue weighted by Crippen LogP contribution is 2.15. The summed E-state index contributed by atoms with van der Waals surface area (Å²) in [5, 5.41) is 15.0. The Balaban J connectivity index is 2.73. The van der Waals surface area contributed by atoms with Crippen molar-refractivity contribution in [1.82, 2.24) is 9.97 Å². The Labute approximate surface area is 107 Å². The van der Waals surface area contributed by atoms with Gasteiger partial charge in [-0.3, -0.25) is 0 Å². The third-order valence-corrected chi connectivity index (χ3v) is 2.33. The zero-order valence-corrected chi connectivity index (χ0v) is 11.2. The van der Waals surface area contributed by atoms with Gasteiger partial charge in [0.05, 0.1) is 0 Å². The first-order chi connectivity index (χ1) is 8.31. The maximum atomic E-state index is 11.0. The average molecular weight is 252 g/mol. The van der Waals surface area contributed by atoms with Gasteiger partial charge < -0.3 is 15.7 Å². The number of aliphatic carboxylic acids is 1. The summed E-state index contributed by atoms with van der Waals surface area (Å²) in [5.41, 5.74) is -1.07. The summed E-state index contributed by atoms with van der Waals surface area (Å²) in [6.07, 6.45) is 1.41. The van der Waals surface area contributed by atoms with E-state index in [1.807, 2.05) is 0 Å². The molecule has 0 amide bonds. The van der Waals surface area contributed by atoms with E-state index in [-0.39, 0.29) is 0 Å². The number of aromatic nitrogens is 2. The Morgan fingerprint density at radius 3 is 2.56 bits per heavy atom. The fourth-order valence-electron chi connectivity index (χ4n) is 1.20. The molecule has 1 rings (SSSR count). The van der Waals surface area contributed by atoms with Crippen LogP contribution in [0.3, 0.4) is 0 Å². The van der Waals surface area contributed by atoms with Crippen LogP contribution >= 0.6 is 0 Å². The number of carboxylic acids is 1. The molecule has 0 atom stereocenters. The Bertz CT molecular complexity index is 418. The van der Waals surface area contributed by atoms with Crippen molar-refractivity contribution in [3.8, 4) is 0 Å². The van der Waals surface area contributed by atoms with Gasteiger partial charge in [-0.2, -0.15) is 0 Å². The van der Waals surface area contributed by atoms with Crippen LogP contribution in [0.25, 0.3) is 0 Å². The largest absolute Gasteiger partial charge is 0.480 e. The Morgan fingerprint density at radius 2 is 2.00 bits per heavy atom. The second-order valence-electron chi connectivity index (χ2n) is 5.12. The lowest BCUT2D eigenvalue weighted by Crippen LogP contribution is -2.40. The molecule has 0 saturated heterocycles. The quantitative estimate of drug-likeness (QED) is 0.716. The molecule has 100 valence electrons. The summed E-state index contributed by atoms with van der Waals surface area (Å²) in [7, 11) is 0. The van der Waals surface area contributed by atoms with Gasteiger partial charge in [0.2, 0.25) is 0 Å². The van der Waals surface area contributed by atoms with Crippen LogP contribution in [-0.2, 0) is 4.79 Å². The van der Waals surface area contributed by atoms with Gasteiger partial charge >= 0.3 is 5.97 Å². The van der Waals surface area contributed by atoms with Crippen LogP contribution in [0.4, 0.5) is 11.6 Å². The van der Waals surface area contributed by atoms with Crippen LogP contribution in [0.5, 0.6) is 0 Å². The number of nitrogens with one attached hydrogen (secondary N) is 2. The first-order valence-electron chi connectivity index (χ1n) is 5.89. The standard InChI is InChI=1S/C12H20N4O2/c1-8(2)6-13-9-5-10(15-7-14-9)16-12(3,4)11(17)18/h5,7-8H,6H2,1-4H3,(H,17,18)(H2,13,14,15,16). The number of carboxylic acid groups (broad SMARTS) is 1. The van der Waals surface area contributed by atoms with E-state index in [9.17, 15) is 4.79 Å². The predicted molar refractivity (Wildman–Crippen MR) is 70.7 cm³/mol. The number of anilines is 2. The lowest BCUT2D eigenvalue weighted by molar-refractivity contribution is -0.141. The van der Waals surface area contributed by atoms with Crippen LogP contribution in [-0.4, -0.2) is 33.1 Å². The first kappa shape index (κ1) is 14.2. The number of hydrogen-bond acceptors (Lipinski definition) is 5. The summed E-state index contributed by atoms with van der Waals surface area (Å²) >= 11 is 0. The molecule has 0 unspecified atom stereocenters. The summed E-state index contributed by atoms with van der Waals surface area (Å²) in [5.74, 6) is 0.746. The Hall–Kier alpha value is -1.85. The molecule has 0 aliphatic heterocycles. The van der Waals surface area contributed by atoms with Crippen molar-refractivity contribution in [2.24, 2.45) is 5.92 Å². The van der Waals surface area contributed by atoms with E-state index >= 15 is 0 Å². The molecular weight excluding hydrogens is 232 g/mol. The monoisotopic (exact) mass is 252 g/mol. The molecular formula is C12H20N4O2. The summed E-state index contributed by atoms with van der Waals surface area (Å²) in [4.78, 5) is 19.1. The third kappa shape index (κ3) is 4.20. The van der Waals surface area contributed by atoms with Crippen molar-refractivity contribution >= 4 is 17.6 Å². The lowest BCUT2D eigenvalue weighted by Gasteiger charge is -2.21. The van der Waals surface area contributed by atoms with E-state index in [2.05, 4.69) is 34.4 Å². The maximum Gasteiger partial charge on any atom is 0.328 e. The molecule has 0 saturated carbocycles. The third-order valence-electron chi connectivity index (χ3n) is 2.33. The minimum Gasteiger partial charge on any atom is -0.480 e. The van der Waals surface area contributed by atoms with Crippen LogP contribution in [0.2, 0.25) is 0 Å². The van der Waals surface area contributed by atoms with E-state index in [1.54, 1.807) is 19.9 Å². The Kier molecular flexibility index (Phi) is 4.47. The van der Waals surface area contributed by atoms with Gasteiger partial charge in [0.15, 0.2) is 0 Å². The first-order valence-corrected chi connectivity index (χ1v) is 5.89. The number of nitrogens with zero attached hydrogens (tertiary/aromatic N) is 2. The smallest absolute Gasteiger partial charge is 0.328 e. The Morgan fingerprint density at radius 1 is 1.39 bits per heavy atom. The number of hydrogen-bond donors (Lipinski definition) is 3. The fourth-order valence-corrected chi connectivity index (χ4v) is 1.20. The van der Waals surface area contributed by atoms with Crippen LogP contribution in [0, 0.1) is 5.92 Å². The lowest BCUT2D eigenvalue weighted by atomic mass is 10.1. The summed E-state index contributed by atoms with van der Waals surface area (Å²) < 4.78 is 0. The molecule has 0 aliphatic rings. The molecule has 0 aromatic carbocycles. The molecule has 3 N–H and O–H groups in total. The van der Waals surface area contributed by atoms with Crippen molar-refractivity contribution < 1.29 is 9.90 Å². The van der Waals surface area contributed by atoms with Crippen LogP contribution in [0.1, 0.15) is 27.7 Å². The zero-order chi connectivity index (χ0) is 13.8. The summed E-state index contributed by atoms with van der Waals surface area (Å²) in [6, 6.07) is 1.70. The molecule has 1 aromatic heterocycles. The minimum atomic E-state index is -1.07. The molecule has 0 radical (unpaired) electrons. The molecule has 6 nitrogen and oxygen atoms in total. The maximum absolute atomic E-state index is 11.0. The highest BCUT2D eigenvalue weighted by atomic mass is 16.4. The second kappa shape index (κ2) is 5.66. The topological polar surface area (TPSA) is 87.1 Å². The SMILES string of the molecule is CC(C)CNc1cc(NC(C)(C)C(=O)O)ncn1. The van der Waals surface area contributed by atoms with E-state index < -0.39 is 11.5 Å². The molecule has 0 aliphatic carbocycles.